The van der Waals surface area contributed by atoms with E-state index < -0.39 is 0 Å². The van der Waals surface area contributed by atoms with Gasteiger partial charge in [-0.05, 0) is 49.9 Å². The Balaban J connectivity index is 1.87. The van der Waals surface area contributed by atoms with Crippen molar-refractivity contribution in [2.45, 2.75) is 26.7 Å². The first-order valence-corrected chi connectivity index (χ1v) is 6.83. The van der Waals surface area contributed by atoms with Crippen LogP contribution in [0.25, 0.3) is 0 Å². The molecule has 1 heteroatoms. The summed E-state index contributed by atoms with van der Waals surface area (Å²) in [5, 5.41) is 0. The second kappa shape index (κ2) is 4.65. The first-order valence-electron chi connectivity index (χ1n) is 6.83. The van der Waals surface area contributed by atoms with Crippen LogP contribution in [0, 0.1) is 19.8 Å². The van der Waals surface area contributed by atoms with Gasteiger partial charge in [-0.3, -0.25) is 4.79 Å². The average molecular weight is 250 g/mol. The molecule has 2 aromatic rings. The molecule has 0 atom stereocenters. The molecule has 0 aliphatic heterocycles. The van der Waals surface area contributed by atoms with Gasteiger partial charge in [-0.2, -0.15) is 0 Å². The van der Waals surface area contributed by atoms with Crippen LogP contribution in [-0.2, 0) is 12.8 Å². The Kier molecular flexibility index (Phi) is 2.98. The lowest BCUT2D eigenvalue weighted by molar-refractivity contribution is 0.0924. The predicted octanol–water partition coefficient (Wildman–Crippen LogP) is 3.90. The van der Waals surface area contributed by atoms with E-state index in [-0.39, 0.29) is 5.92 Å². The van der Waals surface area contributed by atoms with Crippen LogP contribution in [0.15, 0.2) is 42.5 Å². The summed E-state index contributed by atoms with van der Waals surface area (Å²) in [4.78, 5) is 12.6. The average Bonchev–Trinajstić information content (AvgIpc) is 2.80. The Morgan fingerprint density at radius 3 is 2.00 bits per heavy atom. The Morgan fingerprint density at radius 1 is 0.947 bits per heavy atom. The van der Waals surface area contributed by atoms with Gasteiger partial charge in [0.15, 0.2) is 5.78 Å². The molecule has 0 aromatic heterocycles. The fourth-order valence-corrected chi connectivity index (χ4v) is 3.10. The smallest absolute Gasteiger partial charge is 0.166 e. The molecule has 0 amide bonds. The van der Waals surface area contributed by atoms with Crippen molar-refractivity contribution in [3.8, 4) is 0 Å². The molecule has 1 aliphatic rings. The van der Waals surface area contributed by atoms with Crippen LogP contribution in [0.1, 0.15) is 32.6 Å². The highest BCUT2D eigenvalue weighted by Gasteiger charge is 2.27. The molecule has 0 saturated carbocycles. The van der Waals surface area contributed by atoms with Gasteiger partial charge in [0.25, 0.3) is 0 Å². The van der Waals surface area contributed by atoms with E-state index in [4.69, 9.17) is 0 Å². The number of hydrogen-bond acceptors (Lipinski definition) is 1. The zero-order valence-electron chi connectivity index (χ0n) is 11.4. The van der Waals surface area contributed by atoms with Crippen LogP contribution in [0.3, 0.4) is 0 Å². The number of hydrogen-bond donors (Lipinski definition) is 0. The van der Waals surface area contributed by atoms with Crippen molar-refractivity contribution in [2.75, 3.05) is 0 Å². The number of rotatable bonds is 2. The highest BCUT2D eigenvalue weighted by atomic mass is 16.1. The molecular formula is C18H18O. The molecule has 0 spiro atoms. The third-order valence-corrected chi connectivity index (χ3v) is 3.93. The van der Waals surface area contributed by atoms with E-state index in [1.165, 1.54) is 22.3 Å². The maximum Gasteiger partial charge on any atom is 0.166 e. The van der Waals surface area contributed by atoms with Gasteiger partial charge in [0.05, 0.1) is 0 Å². The van der Waals surface area contributed by atoms with Gasteiger partial charge in [0.1, 0.15) is 0 Å². The number of carbonyl (C=O) groups excluding carboxylic acids is 1. The first-order chi connectivity index (χ1) is 9.13. The topological polar surface area (TPSA) is 17.1 Å². The van der Waals surface area contributed by atoms with E-state index in [2.05, 4.69) is 30.3 Å². The summed E-state index contributed by atoms with van der Waals surface area (Å²) in [5.41, 5.74) is 5.88. The summed E-state index contributed by atoms with van der Waals surface area (Å²) in [5.74, 6) is 0.418. The number of fused-ring (bicyclic) bond motifs is 1. The Hall–Kier alpha value is -1.89. The van der Waals surface area contributed by atoms with E-state index in [1.807, 2.05) is 26.0 Å². The van der Waals surface area contributed by atoms with Crippen molar-refractivity contribution in [1.82, 2.24) is 0 Å². The zero-order chi connectivity index (χ0) is 13.4. The van der Waals surface area contributed by atoms with E-state index in [0.29, 0.717) is 5.78 Å². The van der Waals surface area contributed by atoms with Crippen LogP contribution in [0.5, 0.6) is 0 Å². The summed E-state index contributed by atoms with van der Waals surface area (Å²) >= 11 is 0. The molecule has 0 N–H and O–H groups in total. The number of aryl methyl sites for hydroxylation is 2. The normalized spacial score (nSPS) is 14.4. The maximum absolute atomic E-state index is 12.6. The standard InChI is InChI=1S/C18H18O/c1-12-7-13(2)9-16(8-12)18(19)17-10-14-5-3-4-6-15(14)11-17/h3-9,17H,10-11H2,1-2H3. The van der Waals surface area contributed by atoms with E-state index in [1.54, 1.807) is 0 Å². The third-order valence-electron chi connectivity index (χ3n) is 3.93. The van der Waals surface area contributed by atoms with Crippen molar-refractivity contribution < 1.29 is 4.79 Å². The predicted molar refractivity (Wildman–Crippen MR) is 77.6 cm³/mol. The largest absolute Gasteiger partial charge is 0.294 e. The summed E-state index contributed by atoms with van der Waals surface area (Å²) in [7, 11) is 0. The monoisotopic (exact) mass is 250 g/mol. The summed E-state index contributed by atoms with van der Waals surface area (Å²) < 4.78 is 0. The first kappa shape index (κ1) is 12.2. The minimum Gasteiger partial charge on any atom is -0.294 e. The molecule has 96 valence electrons. The molecule has 1 aliphatic carbocycles. The van der Waals surface area contributed by atoms with Crippen LogP contribution in [0.4, 0.5) is 0 Å². The minimum atomic E-state index is 0.124. The third kappa shape index (κ3) is 2.33. The highest BCUT2D eigenvalue weighted by molar-refractivity contribution is 5.99. The molecule has 0 radical (unpaired) electrons. The van der Waals surface area contributed by atoms with Crippen LogP contribution >= 0.6 is 0 Å². The van der Waals surface area contributed by atoms with Crippen LogP contribution in [-0.4, -0.2) is 5.78 Å². The van der Waals surface area contributed by atoms with Crippen molar-refractivity contribution in [3.05, 3.63) is 70.3 Å². The lowest BCUT2D eigenvalue weighted by atomic mass is 9.93. The number of carbonyl (C=O) groups is 1. The second-order valence-electron chi connectivity index (χ2n) is 5.61. The van der Waals surface area contributed by atoms with Gasteiger partial charge in [0, 0.05) is 11.5 Å². The Bertz CT molecular complexity index is 595. The van der Waals surface area contributed by atoms with Crippen LogP contribution in [0.2, 0.25) is 0 Å². The van der Waals surface area contributed by atoms with Gasteiger partial charge in [-0.1, -0.05) is 41.5 Å². The molecule has 2 aromatic carbocycles. The van der Waals surface area contributed by atoms with Crippen molar-refractivity contribution >= 4 is 5.78 Å². The molecular weight excluding hydrogens is 232 g/mol. The lowest BCUT2D eigenvalue weighted by Gasteiger charge is -2.09. The molecule has 3 rings (SSSR count). The van der Waals surface area contributed by atoms with Gasteiger partial charge in [-0.15, -0.1) is 0 Å². The van der Waals surface area contributed by atoms with Crippen LogP contribution < -0.4 is 0 Å². The van der Waals surface area contributed by atoms with Gasteiger partial charge in [-0.25, -0.2) is 0 Å². The van der Waals surface area contributed by atoms with Crippen molar-refractivity contribution in [3.63, 3.8) is 0 Å². The Labute approximate surface area is 114 Å². The lowest BCUT2D eigenvalue weighted by Crippen LogP contribution is -2.15. The van der Waals surface area contributed by atoms with Gasteiger partial charge in [0.2, 0.25) is 0 Å². The number of ketones is 1. The van der Waals surface area contributed by atoms with Crippen molar-refractivity contribution in [2.24, 2.45) is 5.92 Å². The number of Topliss-reactive ketones (excluding diaryl/α,β-unsaturated/α-hetero) is 1. The molecule has 0 unspecified atom stereocenters. The highest BCUT2D eigenvalue weighted by Crippen LogP contribution is 2.29. The Morgan fingerprint density at radius 2 is 1.47 bits per heavy atom. The molecule has 0 bridgehead atoms. The van der Waals surface area contributed by atoms with Gasteiger partial charge >= 0.3 is 0 Å². The summed E-state index contributed by atoms with van der Waals surface area (Å²) in [6, 6.07) is 14.5. The van der Waals surface area contributed by atoms with E-state index in [9.17, 15) is 4.79 Å². The second-order valence-corrected chi connectivity index (χ2v) is 5.61. The number of benzene rings is 2. The maximum atomic E-state index is 12.6. The SMILES string of the molecule is Cc1cc(C)cc(C(=O)C2Cc3ccccc3C2)c1. The van der Waals surface area contributed by atoms with Crippen molar-refractivity contribution in [1.29, 1.82) is 0 Å². The molecule has 0 heterocycles. The van der Waals surface area contributed by atoms with E-state index in [0.717, 1.165) is 18.4 Å². The fraction of sp³-hybridized carbons (Fsp3) is 0.278. The summed E-state index contributed by atoms with van der Waals surface area (Å²) in [6.45, 7) is 4.10. The quantitative estimate of drug-likeness (QED) is 0.739. The molecule has 0 fully saturated rings. The summed E-state index contributed by atoms with van der Waals surface area (Å²) in [6.07, 6.45) is 1.78. The van der Waals surface area contributed by atoms with E-state index >= 15 is 0 Å². The molecule has 1 nitrogen and oxygen atoms in total. The minimum absolute atomic E-state index is 0.124. The fourth-order valence-electron chi connectivity index (χ4n) is 3.10. The van der Waals surface area contributed by atoms with Gasteiger partial charge < -0.3 is 0 Å². The zero-order valence-corrected chi connectivity index (χ0v) is 11.4. The molecule has 0 saturated heterocycles. The molecule has 19 heavy (non-hydrogen) atoms.